The van der Waals surface area contributed by atoms with Crippen LogP contribution in [0.3, 0.4) is 0 Å². The summed E-state index contributed by atoms with van der Waals surface area (Å²) in [6, 6.07) is 7.47. The van der Waals surface area contributed by atoms with Crippen molar-refractivity contribution in [2.75, 3.05) is 20.6 Å². The minimum atomic E-state index is -0.294. The predicted molar refractivity (Wildman–Crippen MR) is 116 cm³/mol. The lowest BCUT2D eigenvalue weighted by molar-refractivity contribution is -0.127. The van der Waals surface area contributed by atoms with Gasteiger partial charge in [0.1, 0.15) is 5.69 Å². The van der Waals surface area contributed by atoms with Crippen molar-refractivity contribution in [2.24, 2.45) is 0 Å². The van der Waals surface area contributed by atoms with Crippen LogP contribution in [-0.2, 0) is 11.3 Å². The quantitative estimate of drug-likeness (QED) is 0.517. The molecule has 4 rings (SSSR count). The third-order valence-corrected chi connectivity index (χ3v) is 5.55. The SMILES string of the molecule is Cc1nc(Cn2cnc(-c3cc(C(=O)NCC(=O)N(C)C)c4ccccn34)c2)cs1. The number of fused-ring (bicyclic) bond motifs is 1. The maximum absolute atomic E-state index is 12.8. The Kier molecular flexibility index (Phi) is 5.37. The number of nitrogens with zero attached hydrogens (tertiary/aromatic N) is 5. The van der Waals surface area contributed by atoms with Gasteiger partial charge in [-0.3, -0.25) is 9.59 Å². The fourth-order valence-electron chi connectivity index (χ4n) is 3.19. The van der Waals surface area contributed by atoms with E-state index in [0.29, 0.717) is 12.1 Å². The van der Waals surface area contributed by atoms with Gasteiger partial charge in [-0.1, -0.05) is 6.07 Å². The molecule has 0 spiro atoms. The van der Waals surface area contributed by atoms with E-state index < -0.39 is 0 Å². The summed E-state index contributed by atoms with van der Waals surface area (Å²) < 4.78 is 3.91. The molecule has 4 aromatic heterocycles. The summed E-state index contributed by atoms with van der Waals surface area (Å²) in [5, 5.41) is 5.78. The van der Waals surface area contributed by atoms with Crippen LogP contribution in [-0.4, -0.2) is 56.3 Å². The number of hydrogen-bond donors (Lipinski definition) is 1. The number of aromatic nitrogens is 4. The Labute approximate surface area is 177 Å². The van der Waals surface area contributed by atoms with Gasteiger partial charge in [0.25, 0.3) is 5.91 Å². The molecule has 0 fully saturated rings. The second kappa shape index (κ2) is 8.11. The first kappa shape index (κ1) is 19.8. The number of likely N-dealkylation sites (N-methyl/N-ethyl adjacent to an activating group) is 1. The van der Waals surface area contributed by atoms with Crippen LogP contribution in [0.5, 0.6) is 0 Å². The Morgan fingerprint density at radius 1 is 1.27 bits per heavy atom. The standard InChI is InChI=1S/C21H22N6O2S/c1-14-24-15(12-30-14)10-26-11-17(23-13-26)19-8-16(18-6-4-5-7-27(18)19)21(29)22-9-20(28)25(2)3/h4-8,11-13H,9-10H2,1-3H3,(H,22,29). The Morgan fingerprint density at radius 3 is 2.83 bits per heavy atom. The molecule has 4 heterocycles. The van der Waals surface area contributed by atoms with Gasteiger partial charge in [0.05, 0.1) is 46.9 Å². The van der Waals surface area contributed by atoms with Gasteiger partial charge < -0.3 is 19.2 Å². The lowest BCUT2D eigenvalue weighted by atomic mass is 10.2. The first-order valence-electron chi connectivity index (χ1n) is 9.44. The normalized spacial score (nSPS) is 11.0. The molecule has 30 heavy (non-hydrogen) atoms. The van der Waals surface area contributed by atoms with E-state index in [4.69, 9.17) is 0 Å². The molecular formula is C21H22N6O2S. The van der Waals surface area contributed by atoms with Gasteiger partial charge in [0, 0.05) is 31.9 Å². The smallest absolute Gasteiger partial charge is 0.253 e. The van der Waals surface area contributed by atoms with Gasteiger partial charge in [0.15, 0.2) is 0 Å². The van der Waals surface area contributed by atoms with Crippen LogP contribution in [0.2, 0.25) is 0 Å². The van der Waals surface area contributed by atoms with Gasteiger partial charge in [-0.2, -0.15) is 0 Å². The second-order valence-corrected chi connectivity index (χ2v) is 8.22. The highest BCUT2D eigenvalue weighted by atomic mass is 32.1. The minimum Gasteiger partial charge on any atom is -0.347 e. The van der Waals surface area contributed by atoms with Gasteiger partial charge in [-0.25, -0.2) is 9.97 Å². The van der Waals surface area contributed by atoms with Gasteiger partial charge in [0.2, 0.25) is 5.91 Å². The largest absolute Gasteiger partial charge is 0.347 e. The molecule has 0 saturated heterocycles. The van der Waals surface area contributed by atoms with Crippen molar-refractivity contribution in [3.8, 4) is 11.4 Å². The number of imidazole rings is 1. The van der Waals surface area contributed by atoms with Crippen LogP contribution in [0.1, 0.15) is 21.1 Å². The molecule has 0 bridgehead atoms. The molecule has 154 valence electrons. The summed E-state index contributed by atoms with van der Waals surface area (Å²) in [7, 11) is 3.31. The molecule has 0 aromatic carbocycles. The summed E-state index contributed by atoms with van der Waals surface area (Å²) in [6.07, 6.45) is 5.61. The van der Waals surface area contributed by atoms with Gasteiger partial charge >= 0.3 is 0 Å². The van der Waals surface area contributed by atoms with Crippen molar-refractivity contribution in [1.82, 2.24) is 29.2 Å². The molecule has 1 N–H and O–H groups in total. The number of nitrogens with one attached hydrogen (secondary N) is 1. The van der Waals surface area contributed by atoms with Gasteiger partial charge in [-0.15, -0.1) is 11.3 Å². The molecule has 0 aliphatic rings. The number of carbonyl (C=O) groups excluding carboxylic acids is 2. The molecule has 9 heteroatoms. The van der Waals surface area contributed by atoms with Crippen molar-refractivity contribution >= 4 is 28.7 Å². The first-order valence-corrected chi connectivity index (χ1v) is 10.3. The van der Waals surface area contributed by atoms with E-state index in [1.165, 1.54) is 4.90 Å². The molecule has 4 aromatic rings. The lowest BCUT2D eigenvalue weighted by Crippen LogP contribution is -2.36. The molecule has 2 amide bonds. The minimum absolute atomic E-state index is 0.0486. The van der Waals surface area contributed by atoms with Crippen LogP contribution in [0, 0.1) is 6.92 Å². The topological polar surface area (TPSA) is 84.5 Å². The summed E-state index contributed by atoms with van der Waals surface area (Å²) in [5.74, 6) is -0.458. The number of pyridine rings is 1. The number of thiazole rings is 1. The van der Waals surface area contributed by atoms with Crippen LogP contribution in [0.4, 0.5) is 0 Å². The van der Waals surface area contributed by atoms with Crippen LogP contribution in [0.15, 0.2) is 48.4 Å². The fraction of sp³-hybridized carbons (Fsp3) is 0.238. The molecule has 0 aliphatic carbocycles. The van der Waals surface area contributed by atoms with Crippen molar-refractivity contribution < 1.29 is 9.59 Å². The van der Waals surface area contributed by atoms with Gasteiger partial charge in [-0.05, 0) is 25.1 Å². The zero-order chi connectivity index (χ0) is 21.3. The summed E-state index contributed by atoms with van der Waals surface area (Å²) in [5.41, 5.74) is 3.82. The number of aryl methyl sites for hydroxylation is 1. The van der Waals surface area contributed by atoms with E-state index >= 15 is 0 Å². The number of hydrogen-bond acceptors (Lipinski definition) is 5. The van der Waals surface area contributed by atoms with E-state index in [0.717, 1.165) is 27.6 Å². The maximum Gasteiger partial charge on any atom is 0.253 e. The van der Waals surface area contributed by atoms with E-state index in [9.17, 15) is 9.59 Å². The molecule has 0 unspecified atom stereocenters. The average Bonchev–Trinajstić information content (AvgIpc) is 3.44. The molecule has 0 atom stereocenters. The van der Waals surface area contributed by atoms with E-state index in [2.05, 4.69) is 15.3 Å². The second-order valence-electron chi connectivity index (χ2n) is 7.16. The highest BCUT2D eigenvalue weighted by Crippen LogP contribution is 2.25. The van der Waals surface area contributed by atoms with Crippen LogP contribution < -0.4 is 5.32 Å². The summed E-state index contributed by atoms with van der Waals surface area (Å²) in [6.45, 7) is 2.58. The Hall–Kier alpha value is -3.46. The van der Waals surface area contributed by atoms with Crippen molar-refractivity contribution in [2.45, 2.75) is 13.5 Å². The van der Waals surface area contributed by atoms with E-state index in [1.807, 2.05) is 57.9 Å². The number of carbonyl (C=O) groups is 2. The Morgan fingerprint density at radius 2 is 2.10 bits per heavy atom. The zero-order valence-electron chi connectivity index (χ0n) is 17.0. The zero-order valence-corrected chi connectivity index (χ0v) is 17.8. The highest BCUT2D eigenvalue weighted by Gasteiger charge is 2.18. The van der Waals surface area contributed by atoms with Crippen molar-refractivity contribution in [1.29, 1.82) is 0 Å². The molecule has 0 saturated carbocycles. The Balaban J connectivity index is 1.62. The predicted octanol–water partition coefficient (Wildman–Crippen LogP) is 2.43. The average molecular weight is 423 g/mol. The third kappa shape index (κ3) is 3.97. The van der Waals surface area contributed by atoms with Crippen LogP contribution in [0.25, 0.3) is 16.9 Å². The number of amides is 2. The molecule has 0 aliphatic heterocycles. The third-order valence-electron chi connectivity index (χ3n) is 4.73. The maximum atomic E-state index is 12.8. The first-order chi connectivity index (χ1) is 14.4. The van der Waals surface area contributed by atoms with E-state index in [1.54, 1.807) is 31.8 Å². The molecule has 0 radical (unpaired) electrons. The summed E-state index contributed by atoms with van der Waals surface area (Å²) >= 11 is 1.62. The van der Waals surface area contributed by atoms with Crippen molar-refractivity contribution in [3.05, 3.63) is 64.6 Å². The summed E-state index contributed by atoms with van der Waals surface area (Å²) in [4.78, 5) is 35.0. The van der Waals surface area contributed by atoms with E-state index in [-0.39, 0.29) is 18.4 Å². The Bertz CT molecular complexity index is 1220. The monoisotopic (exact) mass is 422 g/mol. The molecular weight excluding hydrogens is 400 g/mol. The number of rotatable bonds is 6. The van der Waals surface area contributed by atoms with Crippen LogP contribution >= 0.6 is 11.3 Å². The highest BCUT2D eigenvalue weighted by molar-refractivity contribution is 7.09. The lowest BCUT2D eigenvalue weighted by Gasteiger charge is -2.10. The molecule has 8 nitrogen and oxygen atoms in total. The fourth-order valence-corrected chi connectivity index (χ4v) is 3.79. The van der Waals surface area contributed by atoms with Crippen molar-refractivity contribution in [3.63, 3.8) is 0 Å².